The molecular weight excluding hydrogens is 712 g/mol. The average molecular weight is 761 g/mol. The fraction of sp³-hybridized carbons (Fsp3) is 0.462. The zero-order valence-corrected chi connectivity index (χ0v) is 31.6. The number of nitrogens with one attached hydrogen (secondary N) is 1. The van der Waals surface area contributed by atoms with Gasteiger partial charge in [0.25, 0.3) is 11.8 Å². The Morgan fingerprint density at radius 1 is 0.873 bits per heavy atom. The minimum absolute atomic E-state index is 0.0530. The summed E-state index contributed by atoms with van der Waals surface area (Å²) in [6.45, 7) is 7.74. The number of carbonyl (C=O) groups is 6. The molecule has 2 aromatic carbocycles. The number of hydrogen-bond acceptors (Lipinski definition) is 11. The summed E-state index contributed by atoms with van der Waals surface area (Å²) in [6.07, 6.45) is 0.133. The highest BCUT2D eigenvalue weighted by Gasteiger charge is 2.37. The van der Waals surface area contributed by atoms with Gasteiger partial charge in [0.1, 0.15) is 24.3 Å². The Morgan fingerprint density at radius 2 is 1.53 bits per heavy atom. The zero-order valence-electron chi connectivity index (χ0n) is 31.6. The molecular formula is C39H48N6O10. The number of ether oxygens (including phenoxy) is 4. The second kappa shape index (κ2) is 18.4. The second-order valence-electron chi connectivity index (χ2n) is 14.1. The molecule has 0 radical (unpaired) electrons. The van der Waals surface area contributed by atoms with E-state index in [0.29, 0.717) is 25.1 Å². The molecule has 2 aliphatic rings. The summed E-state index contributed by atoms with van der Waals surface area (Å²) >= 11 is 0. The fourth-order valence-corrected chi connectivity index (χ4v) is 6.21. The van der Waals surface area contributed by atoms with Gasteiger partial charge in [-0.3, -0.25) is 19.2 Å². The van der Waals surface area contributed by atoms with E-state index >= 15 is 0 Å². The van der Waals surface area contributed by atoms with E-state index in [4.69, 9.17) is 18.9 Å². The van der Waals surface area contributed by atoms with Crippen LogP contribution in [-0.2, 0) is 40.0 Å². The van der Waals surface area contributed by atoms with Gasteiger partial charge in [-0.05, 0) is 58.2 Å². The van der Waals surface area contributed by atoms with Crippen molar-refractivity contribution in [3.63, 3.8) is 0 Å². The Labute approximate surface area is 319 Å². The molecule has 0 saturated carbocycles. The van der Waals surface area contributed by atoms with Crippen molar-refractivity contribution in [2.24, 2.45) is 0 Å². The van der Waals surface area contributed by atoms with Crippen LogP contribution in [0.4, 0.5) is 4.79 Å². The Kier molecular flexibility index (Phi) is 13.5. The number of benzene rings is 2. The van der Waals surface area contributed by atoms with Crippen LogP contribution in [0.2, 0.25) is 0 Å². The summed E-state index contributed by atoms with van der Waals surface area (Å²) in [5.41, 5.74) is 0.367. The molecule has 294 valence electrons. The number of piperazine rings is 1. The van der Waals surface area contributed by atoms with Crippen molar-refractivity contribution in [2.75, 3.05) is 45.9 Å². The molecule has 16 heteroatoms. The Morgan fingerprint density at radius 3 is 2.18 bits per heavy atom. The predicted molar refractivity (Wildman–Crippen MR) is 197 cm³/mol. The third kappa shape index (κ3) is 11.1. The summed E-state index contributed by atoms with van der Waals surface area (Å²) in [5, 5.41) is 7.09. The van der Waals surface area contributed by atoms with Gasteiger partial charge >= 0.3 is 18.0 Å². The molecule has 2 fully saturated rings. The molecule has 2 saturated heterocycles. The maximum atomic E-state index is 13.8. The highest BCUT2D eigenvalue weighted by atomic mass is 16.6. The summed E-state index contributed by atoms with van der Waals surface area (Å²) in [4.78, 5) is 83.5. The second-order valence-corrected chi connectivity index (χ2v) is 14.1. The van der Waals surface area contributed by atoms with Gasteiger partial charge in [0.05, 0.1) is 18.7 Å². The smallest absolute Gasteiger partial charge is 0.409 e. The van der Waals surface area contributed by atoms with Crippen LogP contribution in [0.25, 0.3) is 5.69 Å². The van der Waals surface area contributed by atoms with Gasteiger partial charge in [-0.25, -0.2) is 14.3 Å². The van der Waals surface area contributed by atoms with Crippen LogP contribution in [0.5, 0.6) is 5.88 Å². The first-order chi connectivity index (χ1) is 26.3. The topological polar surface area (TPSA) is 179 Å². The minimum atomic E-state index is -1.32. The van der Waals surface area contributed by atoms with Crippen LogP contribution < -0.4 is 10.1 Å². The predicted octanol–water partition coefficient (Wildman–Crippen LogP) is 3.12. The van der Waals surface area contributed by atoms with Crippen LogP contribution in [0.1, 0.15) is 63.0 Å². The van der Waals surface area contributed by atoms with Crippen LogP contribution in [-0.4, -0.2) is 124 Å². The molecule has 1 N–H and O–H groups in total. The molecule has 0 spiro atoms. The maximum absolute atomic E-state index is 13.8. The van der Waals surface area contributed by atoms with Crippen molar-refractivity contribution in [3.05, 3.63) is 78.0 Å². The molecule has 2 unspecified atom stereocenters. The number of para-hydroxylation sites is 1. The van der Waals surface area contributed by atoms with Gasteiger partial charge in [-0.1, -0.05) is 48.5 Å². The van der Waals surface area contributed by atoms with Crippen LogP contribution in [0.15, 0.2) is 66.7 Å². The molecule has 5 rings (SSSR count). The lowest BCUT2D eigenvalue weighted by Gasteiger charge is -2.35. The molecule has 0 aliphatic carbocycles. The van der Waals surface area contributed by atoms with Gasteiger partial charge in [0, 0.05) is 38.8 Å². The first kappa shape index (κ1) is 40.3. The van der Waals surface area contributed by atoms with E-state index in [9.17, 15) is 28.8 Å². The van der Waals surface area contributed by atoms with Gasteiger partial charge in [-0.2, -0.15) is 5.10 Å². The third-order valence-electron chi connectivity index (χ3n) is 8.83. The molecule has 2 atom stereocenters. The lowest BCUT2D eigenvalue weighted by atomic mass is 10.1. The van der Waals surface area contributed by atoms with E-state index < -0.39 is 66.5 Å². The van der Waals surface area contributed by atoms with E-state index in [0.717, 1.165) is 5.56 Å². The van der Waals surface area contributed by atoms with Crippen molar-refractivity contribution in [3.8, 4) is 11.6 Å². The maximum Gasteiger partial charge on any atom is 0.409 e. The van der Waals surface area contributed by atoms with Crippen molar-refractivity contribution in [1.29, 1.82) is 0 Å². The molecule has 1 aromatic heterocycles. The Hall–Kier alpha value is -5.93. The molecule has 2 aliphatic heterocycles. The molecule has 4 amide bonds. The fourth-order valence-electron chi connectivity index (χ4n) is 6.21. The quantitative estimate of drug-likeness (QED) is 0.200. The van der Waals surface area contributed by atoms with Crippen LogP contribution in [0.3, 0.4) is 0 Å². The van der Waals surface area contributed by atoms with Gasteiger partial charge in [-0.15, -0.1) is 0 Å². The lowest BCUT2D eigenvalue weighted by Crippen LogP contribution is -2.56. The number of hydrogen-bond donors (Lipinski definition) is 1. The van der Waals surface area contributed by atoms with Gasteiger partial charge < -0.3 is 39.0 Å². The molecule has 3 heterocycles. The van der Waals surface area contributed by atoms with E-state index in [-0.39, 0.29) is 51.0 Å². The summed E-state index contributed by atoms with van der Waals surface area (Å²) < 4.78 is 23.3. The Balaban J connectivity index is 1.29. The van der Waals surface area contributed by atoms with Gasteiger partial charge in [0.2, 0.25) is 11.8 Å². The van der Waals surface area contributed by atoms with E-state index in [1.54, 1.807) is 58.0 Å². The highest BCUT2D eigenvalue weighted by molar-refractivity contribution is 5.98. The first-order valence-electron chi connectivity index (χ1n) is 18.3. The van der Waals surface area contributed by atoms with E-state index in [1.807, 2.05) is 30.3 Å². The number of likely N-dealkylation sites (tertiary alicyclic amines) is 1. The van der Waals surface area contributed by atoms with Crippen molar-refractivity contribution < 1.29 is 47.7 Å². The number of esters is 2. The normalized spacial score (nSPS) is 16.2. The zero-order chi connectivity index (χ0) is 39.5. The van der Waals surface area contributed by atoms with Crippen molar-refractivity contribution in [1.82, 2.24) is 29.8 Å². The van der Waals surface area contributed by atoms with Gasteiger partial charge in [0.15, 0.2) is 12.3 Å². The van der Waals surface area contributed by atoms with E-state index in [1.165, 1.54) is 25.4 Å². The number of amides is 4. The number of nitrogens with zero attached hydrogens (tertiary/aromatic N) is 5. The standard InChI is InChI=1S/C39H48N6O10/c1-5-52-38(51)43-21-19-42(20-22-43)36(49)30(24-34(47)55-39(2,3)4)40-35(48)29-23-33(45(41-29)28-15-10-7-11-16-28)53-26-32(46)44-18-12-17-31(44)37(50)54-25-27-13-8-6-9-14-27/h6-11,13-16,23,30-31H,5,12,17-22,24-26H2,1-4H3,(H,40,48). The van der Waals surface area contributed by atoms with Crippen molar-refractivity contribution >= 4 is 35.8 Å². The molecule has 55 heavy (non-hydrogen) atoms. The molecule has 16 nitrogen and oxygen atoms in total. The largest absolute Gasteiger partial charge is 0.467 e. The molecule has 3 aromatic rings. The van der Waals surface area contributed by atoms with Crippen molar-refractivity contribution in [2.45, 2.75) is 71.2 Å². The lowest BCUT2D eigenvalue weighted by molar-refractivity contribution is -0.157. The highest BCUT2D eigenvalue weighted by Crippen LogP contribution is 2.23. The number of aromatic nitrogens is 2. The minimum Gasteiger partial charge on any atom is -0.467 e. The molecule has 0 bridgehead atoms. The summed E-state index contributed by atoms with van der Waals surface area (Å²) in [7, 11) is 0. The van der Waals surface area contributed by atoms with E-state index in [2.05, 4.69) is 10.4 Å². The SMILES string of the molecule is CCOC(=O)N1CCN(C(=O)C(CC(=O)OC(C)(C)C)NC(=O)c2cc(OCC(=O)N3CCCC3C(=O)OCc3ccccc3)n(-c3ccccc3)n2)CC1. The summed E-state index contributed by atoms with van der Waals surface area (Å²) in [5.74, 6) is -2.90. The van der Waals surface area contributed by atoms with Crippen LogP contribution >= 0.6 is 0 Å². The third-order valence-corrected chi connectivity index (χ3v) is 8.83. The number of rotatable bonds is 13. The van der Waals surface area contributed by atoms with Crippen LogP contribution in [0, 0.1) is 0 Å². The summed E-state index contributed by atoms with van der Waals surface area (Å²) in [6, 6.07) is 17.3. The monoisotopic (exact) mass is 760 g/mol. The first-order valence-corrected chi connectivity index (χ1v) is 18.3. The number of carbonyl (C=O) groups excluding carboxylic acids is 6. The average Bonchev–Trinajstić information content (AvgIpc) is 3.84. The Bertz CT molecular complexity index is 1820.